The fourth-order valence-corrected chi connectivity index (χ4v) is 6.44. The van der Waals surface area contributed by atoms with Crippen molar-refractivity contribution in [2.45, 2.75) is 45.3 Å². The molecular weight excluding hydrogens is 630 g/mol. The Kier molecular flexibility index (Phi) is 9.19. The highest BCUT2D eigenvalue weighted by molar-refractivity contribution is 6.60. The molecule has 13 heteroatoms. The molecule has 0 radical (unpaired) electrons. The Morgan fingerprint density at radius 1 is 0.694 bits per heavy atom. The van der Waals surface area contributed by atoms with Gasteiger partial charge in [0.05, 0.1) is 17.2 Å². The van der Waals surface area contributed by atoms with Gasteiger partial charge in [0.25, 0.3) is 0 Å². The van der Waals surface area contributed by atoms with Crippen LogP contribution in [0.1, 0.15) is 76.3 Å². The van der Waals surface area contributed by atoms with Gasteiger partial charge in [-0.3, -0.25) is 24.0 Å². The van der Waals surface area contributed by atoms with Crippen LogP contribution in [0.5, 0.6) is 11.5 Å². The van der Waals surface area contributed by atoms with Crippen LogP contribution in [0.3, 0.4) is 0 Å². The molecule has 0 heterocycles. The summed E-state index contributed by atoms with van der Waals surface area (Å²) >= 11 is 0. The summed E-state index contributed by atoms with van der Waals surface area (Å²) < 4.78 is 23.8. The smallest absolute Gasteiger partial charge is 0.426 e. The Labute approximate surface area is 282 Å². The van der Waals surface area contributed by atoms with Crippen molar-refractivity contribution in [3.8, 4) is 11.5 Å². The van der Waals surface area contributed by atoms with Gasteiger partial charge in [0.15, 0.2) is 17.3 Å². The highest BCUT2D eigenvalue weighted by Crippen LogP contribution is 2.53. The molecule has 11 nitrogen and oxygen atoms in total. The molecule has 4 aromatic carbocycles. The van der Waals surface area contributed by atoms with Crippen molar-refractivity contribution >= 4 is 54.5 Å². The number of ether oxygens (including phenoxy) is 2. The van der Waals surface area contributed by atoms with Crippen LogP contribution >= 0.6 is 0 Å². The van der Waals surface area contributed by atoms with E-state index in [1.807, 2.05) is 0 Å². The number of rotatable bonds is 9. The first-order valence-electron chi connectivity index (χ1n) is 15.5. The molecule has 0 bridgehead atoms. The molecule has 0 amide bonds. The average molecular weight is 660 g/mol. The van der Waals surface area contributed by atoms with Crippen molar-refractivity contribution in [1.29, 1.82) is 0 Å². The SMILES string of the molecule is CC(=O)Oc1c2c(c(OC(C)=O)c3c1C(=O)c1ccccc1C3=O)[C@@H](OB(O)c1ccccc1)C[C@](OB(O)c1ccccc1)(C(C)=O)C2. The number of hydrogen-bond acceptors (Lipinski definition) is 11. The third-order valence-electron chi connectivity index (χ3n) is 8.65. The maximum atomic E-state index is 14.2. The van der Waals surface area contributed by atoms with Crippen molar-refractivity contribution in [2.75, 3.05) is 0 Å². The van der Waals surface area contributed by atoms with Gasteiger partial charge in [0.2, 0.25) is 0 Å². The van der Waals surface area contributed by atoms with E-state index in [1.54, 1.807) is 72.8 Å². The Balaban J connectivity index is 1.65. The lowest BCUT2D eigenvalue weighted by Gasteiger charge is -2.43. The van der Waals surface area contributed by atoms with Crippen molar-refractivity contribution in [3.05, 3.63) is 118 Å². The Hall–Kier alpha value is -5.20. The fourth-order valence-electron chi connectivity index (χ4n) is 6.44. The van der Waals surface area contributed by atoms with Crippen LogP contribution in [0.25, 0.3) is 0 Å². The van der Waals surface area contributed by atoms with Crippen LogP contribution in [0.2, 0.25) is 0 Å². The molecular formula is C36H30B2O11. The van der Waals surface area contributed by atoms with E-state index in [2.05, 4.69) is 0 Å². The van der Waals surface area contributed by atoms with Gasteiger partial charge in [-0.15, -0.1) is 0 Å². The van der Waals surface area contributed by atoms with E-state index in [0.29, 0.717) is 10.9 Å². The lowest BCUT2D eigenvalue weighted by atomic mass is 9.69. The zero-order valence-corrected chi connectivity index (χ0v) is 26.8. The Morgan fingerprint density at radius 2 is 1.16 bits per heavy atom. The molecule has 0 aliphatic heterocycles. The van der Waals surface area contributed by atoms with Gasteiger partial charge in [0, 0.05) is 48.9 Å². The minimum Gasteiger partial charge on any atom is -0.426 e. The minimum absolute atomic E-state index is 0.00427. The maximum absolute atomic E-state index is 14.2. The zero-order chi connectivity index (χ0) is 35.0. The summed E-state index contributed by atoms with van der Waals surface area (Å²) in [5.41, 5.74) is -1.88. The summed E-state index contributed by atoms with van der Waals surface area (Å²) in [5.74, 6) is -4.33. The summed E-state index contributed by atoms with van der Waals surface area (Å²) in [6, 6.07) is 22.6. The van der Waals surface area contributed by atoms with Crippen molar-refractivity contribution in [1.82, 2.24) is 0 Å². The first-order valence-corrected chi connectivity index (χ1v) is 15.5. The molecule has 0 saturated heterocycles. The van der Waals surface area contributed by atoms with Gasteiger partial charge in [-0.05, 0) is 17.8 Å². The van der Waals surface area contributed by atoms with Crippen LogP contribution in [-0.4, -0.2) is 59.2 Å². The lowest BCUT2D eigenvalue weighted by molar-refractivity contribution is -0.138. The van der Waals surface area contributed by atoms with Gasteiger partial charge in [-0.2, -0.15) is 0 Å². The van der Waals surface area contributed by atoms with E-state index in [-0.39, 0.29) is 51.3 Å². The molecule has 4 aromatic rings. The monoisotopic (exact) mass is 660 g/mol. The highest BCUT2D eigenvalue weighted by Gasteiger charge is 2.52. The van der Waals surface area contributed by atoms with Crippen molar-refractivity contribution < 1.29 is 52.8 Å². The molecule has 2 N–H and O–H groups in total. The number of carbonyl (C=O) groups is 5. The van der Waals surface area contributed by atoms with Gasteiger partial charge >= 0.3 is 26.2 Å². The largest absolute Gasteiger partial charge is 0.491 e. The predicted molar refractivity (Wildman–Crippen MR) is 177 cm³/mol. The highest BCUT2D eigenvalue weighted by atomic mass is 16.6. The van der Waals surface area contributed by atoms with E-state index < -0.39 is 61.7 Å². The second-order valence-corrected chi connectivity index (χ2v) is 11.9. The average Bonchev–Trinajstić information content (AvgIpc) is 3.08. The topological polar surface area (TPSA) is 163 Å². The number of benzene rings is 4. The predicted octanol–water partition coefficient (Wildman–Crippen LogP) is 2.44. The number of hydrogen-bond donors (Lipinski definition) is 2. The summed E-state index contributed by atoms with van der Waals surface area (Å²) in [5, 5.41) is 22.5. The molecule has 0 saturated carbocycles. The first kappa shape index (κ1) is 33.7. The molecule has 49 heavy (non-hydrogen) atoms. The van der Waals surface area contributed by atoms with Gasteiger partial charge < -0.3 is 28.8 Å². The zero-order valence-electron chi connectivity index (χ0n) is 26.8. The summed E-state index contributed by atoms with van der Waals surface area (Å²) in [6.45, 7) is 3.46. The fraction of sp³-hybridized carbons (Fsp3) is 0.194. The summed E-state index contributed by atoms with van der Waals surface area (Å²) in [6.07, 6.45) is -2.15. The number of fused-ring (bicyclic) bond motifs is 3. The molecule has 0 spiro atoms. The summed E-state index contributed by atoms with van der Waals surface area (Å²) in [4.78, 5) is 67.4. The van der Waals surface area contributed by atoms with E-state index in [9.17, 15) is 34.0 Å². The number of carbonyl (C=O) groups excluding carboxylic acids is 5. The molecule has 2 aliphatic carbocycles. The third kappa shape index (κ3) is 6.25. The second kappa shape index (κ2) is 13.4. The Morgan fingerprint density at radius 3 is 1.67 bits per heavy atom. The second-order valence-electron chi connectivity index (χ2n) is 11.9. The van der Waals surface area contributed by atoms with Crippen LogP contribution in [0.4, 0.5) is 0 Å². The number of esters is 2. The molecule has 246 valence electrons. The molecule has 0 fully saturated rings. The van der Waals surface area contributed by atoms with Crippen LogP contribution in [0.15, 0.2) is 84.9 Å². The first-order chi connectivity index (χ1) is 23.4. The number of Topliss-reactive ketones (excluding diaryl/α,β-unsaturated/α-hetero) is 1. The molecule has 6 rings (SSSR count). The standard InChI is InChI=1S/C36H30B2O11/c1-20(39)36(49-38(45)24-14-8-5-9-15-24)18-27-29(28(19-36)48-37(44)23-12-6-4-7-13-23)35(47-22(3)41)31-30(34(27)46-21(2)40)32(42)25-16-10-11-17-26(25)33(31)43/h4-17,28,44-45H,18-19H2,1-3H3/t28-,36-/m0/s1. The molecule has 0 unspecified atom stereocenters. The maximum Gasteiger partial charge on any atom is 0.491 e. The van der Waals surface area contributed by atoms with Crippen LogP contribution in [0, 0.1) is 0 Å². The van der Waals surface area contributed by atoms with Crippen molar-refractivity contribution in [2.24, 2.45) is 0 Å². The van der Waals surface area contributed by atoms with E-state index >= 15 is 0 Å². The normalized spacial score (nSPS) is 17.7. The van der Waals surface area contributed by atoms with E-state index in [1.165, 1.54) is 19.1 Å². The quantitative estimate of drug-likeness (QED) is 0.136. The van der Waals surface area contributed by atoms with Crippen molar-refractivity contribution in [3.63, 3.8) is 0 Å². The van der Waals surface area contributed by atoms with Gasteiger partial charge in [-0.25, -0.2) is 0 Å². The molecule has 2 aliphatic rings. The number of ketones is 3. The summed E-state index contributed by atoms with van der Waals surface area (Å²) in [7, 11) is -3.23. The minimum atomic E-state index is -1.90. The van der Waals surface area contributed by atoms with Gasteiger partial charge in [-0.1, -0.05) is 84.9 Å². The molecule has 2 atom stereocenters. The van der Waals surface area contributed by atoms with Gasteiger partial charge in [0.1, 0.15) is 17.1 Å². The Bertz CT molecular complexity index is 2000. The van der Waals surface area contributed by atoms with Crippen LogP contribution in [-0.2, 0) is 30.1 Å². The van der Waals surface area contributed by atoms with Crippen LogP contribution < -0.4 is 20.4 Å². The third-order valence-corrected chi connectivity index (χ3v) is 8.65. The van der Waals surface area contributed by atoms with E-state index in [4.69, 9.17) is 18.8 Å². The van der Waals surface area contributed by atoms with E-state index in [0.717, 1.165) is 13.8 Å². The molecule has 0 aromatic heterocycles. The lowest BCUT2D eigenvalue weighted by Crippen LogP contribution is -2.54.